The van der Waals surface area contributed by atoms with Crippen LogP contribution in [-0.2, 0) is 11.3 Å². The lowest BCUT2D eigenvalue weighted by Crippen LogP contribution is -2.36. The first-order valence-corrected chi connectivity index (χ1v) is 6.71. The van der Waals surface area contributed by atoms with Gasteiger partial charge in [-0.15, -0.1) is 0 Å². The van der Waals surface area contributed by atoms with Gasteiger partial charge in [0.05, 0.1) is 11.6 Å². The van der Waals surface area contributed by atoms with Crippen molar-refractivity contribution in [2.24, 2.45) is 5.92 Å². The minimum absolute atomic E-state index is 0.141. The van der Waals surface area contributed by atoms with E-state index in [2.05, 4.69) is 4.90 Å². The highest BCUT2D eigenvalue weighted by molar-refractivity contribution is 5.67. The summed E-state index contributed by atoms with van der Waals surface area (Å²) in [5.74, 6) is -1.01. The summed E-state index contributed by atoms with van der Waals surface area (Å²) < 4.78 is 13.8. The average molecular weight is 276 g/mol. The van der Waals surface area contributed by atoms with Crippen LogP contribution in [0.1, 0.15) is 30.4 Å². The monoisotopic (exact) mass is 276 g/mol. The number of piperidine rings is 1. The molecule has 4 nitrogen and oxygen atoms in total. The minimum Gasteiger partial charge on any atom is -0.481 e. The van der Waals surface area contributed by atoms with Gasteiger partial charge in [0, 0.05) is 25.1 Å². The van der Waals surface area contributed by atoms with Gasteiger partial charge in [-0.05, 0) is 37.4 Å². The first kappa shape index (κ1) is 14.5. The van der Waals surface area contributed by atoms with Gasteiger partial charge < -0.3 is 5.11 Å². The van der Waals surface area contributed by atoms with E-state index in [1.807, 2.05) is 6.07 Å². The Morgan fingerprint density at radius 2 is 2.35 bits per heavy atom. The van der Waals surface area contributed by atoms with Gasteiger partial charge >= 0.3 is 5.97 Å². The molecule has 2 rings (SSSR count). The fourth-order valence-corrected chi connectivity index (χ4v) is 2.69. The number of carboxylic acid groups (broad SMARTS) is 1. The molecular formula is C15H17FN2O2. The van der Waals surface area contributed by atoms with Gasteiger partial charge in [-0.3, -0.25) is 9.69 Å². The lowest BCUT2D eigenvalue weighted by atomic mass is 9.94. The molecule has 1 aliphatic rings. The summed E-state index contributed by atoms with van der Waals surface area (Å²) in [6.45, 7) is 2.01. The van der Waals surface area contributed by atoms with E-state index >= 15 is 0 Å². The van der Waals surface area contributed by atoms with Crippen molar-refractivity contribution in [3.05, 3.63) is 35.1 Å². The number of aliphatic carboxylic acids is 1. The molecule has 5 heteroatoms. The van der Waals surface area contributed by atoms with Crippen molar-refractivity contribution in [1.29, 1.82) is 5.26 Å². The maximum Gasteiger partial charge on any atom is 0.303 e. The SMILES string of the molecule is N#Cc1ccc(CN2CCCC(CC(=O)O)C2)c(F)c1. The minimum atomic E-state index is -0.776. The maximum atomic E-state index is 13.8. The molecule has 1 aromatic carbocycles. The Morgan fingerprint density at radius 1 is 1.55 bits per heavy atom. The van der Waals surface area contributed by atoms with E-state index in [9.17, 15) is 9.18 Å². The van der Waals surface area contributed by atoms with Gasteiger partial charge in [0.15, 0.2) is 0 Å². The highest BCUT2D eigenvalue weighted by atomic mass is 19.1. The van der Waals surface area contributed by atoms with Crippen LogP contribution in [0.5, 0.6) is 0 Å². The zero-order valence-electron chi connectivity index (χ0n) is 11.2. The Hall–Kier alpha value is -1.93. The first-order valence-electron chi connectivity index (χ1n) is 6.71. The third kappa shape index (κ3) is 3.78. The predicted octanol–water partition coefficient (Wildman–Crippen LogP) is 2.38. The van der Waals surface area contributed by atoms with Crippen molar-refractivity contribution in [3.63, 3.8) is 0 Å². The number of benzene rings is 1. The molecular weight excluding hydrogens is 259 g/mol. The van der Waals surface area contributed by atoms with Gasteiger partial charge in [-0.25, -0.2) is 4.39 Å². The van der Waals surface area contributed by atoms with E-state index in [1.165, 1.54) is 6.07 Å². The maximum absolute atomic E-state index is 13.8. The van der Waals surface area contributed by atoms with Gasteiger partial charge in [-0.2, -0.15) is 5.26 Å². The summed E-state index contributed by atoms with van der Waals surface area (Å²) in [6, 6.07) is 6.39. The quantitative estimate of drug-likeness (QED) is 0.917. The predicted molar refractivity (Wildman–Crippen MR) is 71.4 cm³/mol. The summed E-state index contributed by atoms with van der Waals surface area (Å²) in [4.78, 5) is 12.8. The fraction of sp³-hybridized carbons (Fsp3) is 0.467. The molecule has 1 unspecified atom stereocenters. The number of hydrogen-bond donors (Lipinski definition) is 1. The first-order chi connectivity index (χ1) is 9.58. The van der Waals surface area contributed by atoms with Crippen molar-refractivity contribution >= 4 is 5.97 Å². The molecule has 20 heavy (non-hydrogen) atoms. The number of nitrogens with zero attached hydrogens (tertiary/aromatic N) is 2. The zero-order valence-corrected chi connectivity index (χ0v) is 11.2. The third-order valence-electron chi connectivity index (χ3n) is 3.64. The van der Waals surface area contributed by atoms with E-state index in [1.54, 1.807) is 12.1 Å². The lowest BCUT2D eigenvalue weighted by molar-refractivity contribution is -0.138. The number of carboxylic acids is 1. The molecule has 1 aliphatic heterocycles. The number of likely N-dealkylation sites (tertiary alicyclic amines) is 1. The Bertz CT molecular complexity index is 539. The number of rotatable bonds is 4. The zero-order chi connectivity index (χ0) is 14.5. The Kier molecular flexibility index (Phi) is 4.70. The van der Waals surface area contributed by atoms with Crippen LogP contribution in [0.25, 0.3) is 0 Å². The molecule has 0 spiro atoms. The summed E-state index contributed by atoms with van der Waals surface area (Å²) in [7, 11) is 0. The van der Waals surface area contributed by atoms with E-state index in [-0.39, 0.29) is 18.2 Å². The van der Waals surface area contributed by atoms with Crippen LogP contribution < -0.4 is 0 Å². The van der Waals surface area contributed by atoms with Crippen molar-refractivity contribution in [2.75, 3.05) is 13.1 Å². The van der Waals surface area contributed by atoms with Gasteiger partial charge in [0.1, 0.15) is 5.82 Å². The van der Waals surface area contributed by atoms with E-state index < -0.39 is 5.97 Å². The van der Waals surface area contributed by atoms with Gasteiger partial charge in [0.25, 0.3) is 0 Å². The molecule has 1 aromatic rings. The molecule has 1 N–H and O–H groups in total. The number of hydrogen-bond acceptors (Lipinski definition) is 3. The van der Waals surface area contributed by atoms with Crippen molar-refractivity contribution < 1.29 is 14.3 Å². The number of nitriles is 1. The van der Waals surface area contributed by atoms with Crippen molar-refractivity contribution in [1.82, 2.24) is 4.90 Å². The molecule has 0 amide bonds. The average Bonchev–Trinajstić information content (AvgIpc) is 2.41. The molecule has 106 valence electrons. The second-order valence-electron chi connectivity index (χ2n) is 5.26. The van der Waals surface area contributed by atoms with E-state index in [0.29, 0.717) is 24.2 Å². The molecule has 1 heterocycles. The summed E-state index contributed by atoms with van der Waals surface area (Å²) in [6.07, 6.45) is 2.03. The Labute approximate surface area is 117 Å². The standard InChI is InChI=1S/C15H17FN2O2/c16-14-6-11(8-17)3-4-13(14)10-18-5-1-2-12(9-18)7-15(19)20/h3-4,6,12H,1-2,5,7,9-10H2,(H,19,20). The lowest BCUT2D eigenvalue weighted by Gasteiger charge is -2.32. The molecule has 1 fully saturated rings. The second-order valence-corrected chi connectivity index (χ2v) is 5.26. The van der Waals surface area contributed by atoms with Gasteiger partial charge in [0.2, 0.25) is 0 Å². The van der Waals surface area contributed by atoms with E-state index in [0.717, 1.165) is 19.4 Å². The largest absolute Gasteiger partial charge is 0.481 e. The summed E-state index contributed by atoms with van der Waals surface area (Å²) in [5.41, 5.74) is 0.869. The fourth-order valence-electron chi connectivity index (χ4n) is 2.69. The van der Waals surface area contributed by atoms with Crippen LogP contribution >= 0.6 is 0 Å². The Morgan fingerprint density at radius 3 is 3.00 bits per heavy atom. The van der Waals surface area contributed by atoms with E-state index in [4.69, 9.17) is 10.4 Å². The molecule has 0 aliphatic carbocycles. The molecule has 0 saturated carbocycles. The summed E-state index contributed by atoms with van der Waals surface area (Å²) >= 11 is 0. The van der Waals surface area contributed by atoms with Crippen LogP contribution in [0.15, 0.2) is 18.2 Å². The van der Waals surface area contributed by atoms with Crippen molar-refractivity contribution in [3.8, 4) is 6.07 Å². The highest BCUT2D eigenvalue weighted by Crippen LogP contribution is 2.22. The number of halogens is 1. The van der Waals surface area contributed by atoms with Gasteiger partial charge in [-0.1, -0.05) is 6.07 Å². The molecule has 0 aromatic heterocycles. The third-order valence-corrected chi connectivity index (χ3v) is 3.64. The normalized spacial score (nSPS) is 19.5. The smallest absolute Gasteiger partial charge is 0.303 e. The van der Waals surface area contributed by atoms with Crippen LogP contribution in [0.4, 0.5) is 4.39 Å². The number of carbonyl (C=O) groups is 1. The molecule has 1 atom stereocenters. The van der Waals surface area contributed by atoms with Crippen molar-refractivity contribution in [2.45, 2.75) is 25.8 Å². The molecule has 1 saturated heterocycles. The van der Waals surface area contributed by atoms with Crippen LogP contribution in [-0.4, -0.2) is 29.1 Å². The molecule has 0 radical (unpaired) electrons. The molecule has 0 bridgehead atoms. The highest BCUT2D eigenvalue weighted by Gasteiger charge is 2.22. The van der Waals surface area contributed by atoms with Crippen LogP contribution in [0.2, 0.25) is 0 Å². The van der Waals surface area contributed by atoms with Crippen LogP contribution in [0.3, 0.4) is 0 Å². The van der Waals surface area contributed by atoms with Crippen LogP contribution in [0, 0.1) is 23.1 Å². The summed E-state index contributed by atoms with van der Waals surface area (Å²) in [5, 5.41) is 17.5. The topological polar surface area (TPSA) is 64.3 Å². The Balaban J connectivity index is 1.99. The second kappa shape index (κ2) is 6.49.